The molecule has 0 spiro atoms. The van der Waals surface area contributed by atoms with E-state index >= 15 is 0 Å². The average Bonchev–Trinajstić information content (AvgIpc) is 3.02. The van der Waals surface area contributed by atoms with E-state index in [9.17, 15) is 50.8 Å². The Labute approximate surface area is 248 Å². The van der Waals surface area contributed by atoms with Crippen molar-refractivity contribution in [2.75, 3.05) is 20.3 Å². The summed E-state index contributed by atoms with van der Waals surface area (Å²) in [7, 11) is 1.48. The maximum absolute atomic E-state index is 12.9. The molecule has 16 heteroatoms. The van der Waals surface area contributed by atoms with Gasteiger partial charge in [0.05, 0.1) is 20.3 Å². The lowest BCUT2D eigenvalue weighted by Crippen LogP contribution is -2.65. The van der Waals surface area contributed by atoms with E-state index in [1.54, 1.807) is 24.3 Å². The van der Waals surface area contributed by atoms with Crippen molar-refractivity contribution in [2.24, 2.45) is 0 Å². The number of aliphatic hydroxyl groups is 7. The summed E-state index contributed by atoms with van der Waals surface area (Å²) in [5.41, 5.74) is -0.741. The monoisotopic (exact) mass is 624 g/mol. The molecular formula is C28H32O16. The molecule has 2 aliphatic rings. The molecule has 2 aromatic carbocycles. The van der Waals surface area contributed by atoms with Gasteiger partial charge in [-0.15, -0.1) is 0 Å². The fourth-order valence-electron chi connectivity index (χ4n) is 5.02. The molecule has 240 valence electrons. The third-order valence-corrected chi connectivity index (χ3v) is 7.50. The first kappa shape index (κ1) is 31.9. The molecule has 9 N–H and O–H groups in total. The van der Waals surface area contributed by atoms with E-state index in [-0.39, 0.29) is 11.1 Å². The highest BCUT2D eigenvalue weighted by Gasteiger charge is 2.51. The molecule has 0 amide bonds. The van der Waals surface area contributed by atoms with Gasteiger partial charge in [0.15, 0.2) is 29.2 Å². The maximum Gasteiger partial charge on any atom is 0.229 e. The first-order valence-electron chi connectivity index (χ1n) is 13.4. The Hall–Kier alpha value is -3.55. The second kappa shape index (κ2) is 12.8. The molecule has 0 bridgehead atoms. The second-order valence-electron chi connectivity index (χ2n) is 10.3. The summed E-state index contributed by atoms with van der Waals surface area (Å²) >= 11 is 0. The number of phenolic OH excluding ortho intramolecular Hbond substituents is 2. The number of aliphatic hydroxyl groups excluding tert-OH is 7. The van der Waals surface area contributed by atoms with E-state index in [1.807, 2.05) is 0 Å². The molecule has 0 unspecified atom stereocenters. The zero-order chi connectivity index (χ0) is 31.9. The van der Waals surface area contributed by atoms with Gasteiger partial charge in [0.2, 0.25) is 12.0 Å². The van der Waals surface area contributed by atoms with E-state index in [2.05, 4.69) is 0 Å². The predicted octanol–water partition coefficient (Wildman–Crippen LogP) is -2.12. The lowest BCUT2D eigenvalue weighted by atomic mass is 9.97. The van der Waals surface area contributed by atoms with Gasteiger partial charge in [-0.3, -0.25) is 4.79 Å². The number of rotatable bonds is 8. The molecule has 0 aliphatic carbocycles. The van der Waals surface area contributed by atoms with Gasteiger partial charge in [-0.2, -0.15) is 0 Å². The summed E-state index contributed by atoms with van der Waals surface area (Å²) in [6, 6.07) is 8.40. The van der Waals surface area contributed by atoms with Crippen LogP contribution in [-0.2, 0) is 14.2 Å². The molecule has 0 radical (unpaired) electrons. The van der Waals surface area contributed by atoms with Crippen LogP contribution in [-0.4, -0.2) is 128 Å². The number of fused-ring (bicyclic) bond motifs is 1. The molecule has 2 fully saturated rings. The van der Waals surface area contributed by atoms with Crippen LogP contribution in [0.4, 0.5) is 0 Å². The molecule has 3 aromatic rings. The van der Waals surface area contributed by atoms with Crippen LogP contribution in [0.2, 0.25) is 0 Å². The Morgan fingerprint density at radius 2 is 1.41 bits per heavy atom. The molecule has 1 aromatic heterocycles. The molecule has 2 saturated heterocycles. The molecule has 0 saturated carbocycles. The van der Waals surface area contributed by atoms with E-state index in [1.165, 1.54) is 7.11 Å². The lowest BCUT2D eigenvalue weighted by Gasteiger charge is -2.45. The average molecular weight is 625 g/mol. The van der Waals surface area contributed by atoms with Crippen LogP contribution in [0, 0.1) is 0 Å². The summed E-state index contributed by atoms with van der Waals surface area (Å²) in [5.74, 6) is -1.42. The molecule has 16 nitrogen and oxygen atoms in total. The summed E-state index contributed by atoms with van der Waals surface area (Å²) < 4.78 is 33.1. The molecule has 5 rings (SSSR count). The van der Waals surface area contributed by atoms with Crippen LogP contribution >= 0.6 is 0 Å². The van der Waals surface area contributed by atoms with Gasteiger partial charge in [-0.1, -0.05) is 0 Å². The highest BCUT2D eigenvalue weighted by Crippen LogP contribution is 2.42. The summed E-state index contributed by atoms with van der Waals surface area (Å²) in [4.78, 5) is 12.9. The zero-order valence-corrected chi connectivity index (χ0v) is 23.0. The van der Waals surface area contributed by atoms with E-state index < -0.39 is 103 Å². The number of benzene rings is 2. The Morgan fingerprint density at radius 1 is 0.795 bits per heavy atom. The van der Waals surface area contributed by atoms with Gasteiger partial charge in [0.25, 0.3) is 0 Å². The first-order chi connectivity index (χ1) is 21.0. The SMILES string of the molecule is COc1ccc(-c2cc(=O)c3c(O)cc(O[C@@H]4O[C@H](CO)[C@@H](O)[C@H](O)[C@@H]4O[C@@H]4O[C@@H](CO)[C@@H](O)[C@H](O)[C@H]4O)c(O)c3o2)cc1. The molecule has 3 heterocycles. The van der Waals surface area contributed by atoms with E-state index in [0.29, 0.717) is 11.3 Å². The van der Waals surface area contributed by atoms with Crippen molar-refractivity contribution in [2.45, 2.75) is 61.4 Å². The van der Waals surface area contributed by atoms with Crippen molar-refractivity contribution >= 4 is 11.0 Å². The van der Waals surface area contributed by atoms with E-state index in [0.717, 1.165) is 12.1 Å². The second-order valence-corrected chi connectivity index (χ2v) is 10.3. The highest BCUT2D eigenvalue weighted by atomic mass is 16.8. The number of phenols is 2. The smallest absolute Gasteiger partial charge is 0.229 e. The Morgan fingerprint density at radius 3 is 2.02 bits per heavy atom. The van der Waals surface area contributed by atoms with Crippen LogP contribution in [0.15, 0.2) is 45.6 Å². The van der Waals surface area contributed by atoms with Crippen molar-refractivity contribution in [3.8, 4) is 34.3 Å². The topological polar surface area (TPSA) is 258 Å². The lowest BCUT2D eigenvalue weighted by molar-refractivity contribution is -0.358. The van der Waals surface area contributed by atoms with Crippen LogP contribution in [0.3, 0.4) is 0 Å². The van der Waals surface area contributed by atoms with Crippen LogP contribution < -0.4 is 14.9 Å². The fraction of sp³-hybridized carbons (Fsp3) is 0.464. The minimum absolute atomic E-state index is 0.0219. The Balaban J connectivity index is 1.51. The number of ether oxygens (including phenoxy) is 5. The van der Waals surface area contributed by atoms with Gasteiger partial charge in [0, 0.05) is 17.7 Å². The molecule has 2 aliphatic heterocycles. The Kier molecular flexibility index (Phi) is 9.28. The first-order valence-corrected chi connectivity index (χ1v) is 13.4. The zero-order valence-electron chi connectivity index (χ0n) is 23.0. The summed E-state index contributed by atoms with van der Waals surface area (Å²) in [5, 5.41) is 92.5. The summed E-state index contributed by atoms with van der Waals surface area (Å²) in [6.45, 7) is -1.59. The highest BCUT2D eigenvalue weighted by molar-refractivity contribution is 5.91. The minimum atomic E-state index is -1.91. The maximum atomic E-state index is 12.9. The standard InChI is InChI=1S/C28H32O16/c1-39-11-4-2-10(3-5-11)14-6-12(31)18-13(32)7-15(21(35)25(18)40-14)41-28-26(23(37)20(34)17(9-30)43-28)44-27-24(38)22(36)19(33)16(8-29)42-27/h2-7,16-17,19-20,22-24,26-30,32-38H,8-9H2,1H3/t16-,17+,19+,20+,22-,23-,24+,26-,27-,28+/m0/s1. The minimum Gasteiger partial charge on any atom is -0.507 e. The van der Waals surface area contributed by atoms with Crippen molar-refractivity contribution in [3.05, 3.63) is 46.6 Å². The van der Waals surface area contributed by atoms with Crippen LogP contribution in [0.5, 0.6) is 23.0 Å². The quantitative estimate of drug-likeness (QED) is 0.121. The van der Waals surface area contributed by atoms with Gasteiger partial charge in [-0.05, 0) is 24.3 Å². The largest absolute Gasteiger partial charge is 0.507 e. The van der Waals surface area contributed by atoms with Gasteiger partial charge >= 0.3 is 0 Å². The van der Waals surface area contributed by atoms with Crippen molar-refractivity contribution in [1.29, 1.82) is 0 Å². The third-order valence-electron chi connectivity index (χ3n) is 7.50. The van der Waals surface area contributed by atoms with Gasteiger partial charge in [-0.25, -0.2) is 0 Å². The van der Waals surface area contributed by atoms with Crippen molar-refractivity contribution < 1.29 is 74.1 Å². The van der Waals surface area contributed by atoms with Gasteiger partial charge in [0.1, 0.15) is 65.4 Å². The molecule has 44 heavy (non-hydrogen) atoms. The Bertz CT molecular complexity index is 1510. The molecule has 10 atom stereocenters. The summed E-state index contributed by atoms with van der Waals surface area (Å²) in [6.07, 6.45) is -17.3. The third kappa shape index (κ3) is 5.80. The normalized spacial score (nSPS) is 32.5. The van der Waals surface area contributed by atoms with E-state index in [4.69, 9.17) is 28.1 Å². The molecular weight excluding hydrogens is 592 g/mol. The van der Waals surface area contributed by atoms with Crippen molar-refractivity contribution in [3.63, 3.8) is 0 Å². The van der Waals surface area contributed by atoms with Gasteiger partial charge < -0.3 is 74.1 Å². The predicted molar refractivity (Wildman–Crippen MR) is 145 cm³/mol. The van der Waals surface area contributed by atoms with Crippen LogP contribution in [0.1, 0.15) is 0 Å². The van der Waals surface area contributed by atoms with Crippen molar-refractivity contribution in [1.82, 2.24) is 0 Å². The number of hydrogen-bond donors (Lipinski definition) is 9. The number of aromatic hydroxyl groups is 2. The number of hydrogen-bond acceptors (Lipinski definition) is 16. The number of methoxy groups -OCH3 is 1. The fourth-order valence-corrected chi connectivity index (χ4v) is 5.02. The van der Waals surface area contributed by atoms with Crippen LogP contribution in [0.25, 0.3) is 22.3 Å².